The highest BCUT2D eigenvalue weighted by atomic mass is 16.1. The van der Waals surface area contributed by atoms with E-state index in [1.165, 1.54) is 5.56 Å². The maximum Gasteiger partial charge on any atom is 0.158 e. The summed E-state index contributed by atoms with van der Waals surface area (Å²) in [7, 11) is 0. The molecule has 0 bridgehead atoms. The second-order valence-electron chi connectivity index (χ2n) is 3.54. The topological polar surface area (TPSA) is 17.1 Å². The first-order valence-corrected chi connectivity index (χ1v) is 5.53. The number of allylic oxidation sites excluding steroid dienone is 1. The number of hydrogen-bond acceptors (Lipinski definition) is 1. The van der Waals surface area contributed by atoms with Crippen molar-refractivity contribution in [2.75, 3.05) is 0 Å². The summed E-state index contributed by atoms with van der Waals surface area (Å²) >= 11 is 0. The van der Waals surface area contributed by atoms with Crippen LogP contribution in [0, 0.1) is 0 Å². The Balaban J connectivity index is 0.000000531. The van der Waals surface area contributed by atoms with E-state index in [-0.39, 0.29) is 5.78 Å². The van der Waals surface area contributed by atoms with Gasteiger partial charge in [-0.3, -0.25) is 4.79 Å². The van der Waals surface area contributed by atoms with Gasteiger partial charge < -0.3 is 0 Å². The lowest BCUT2D eigenvalue weighted by Crippen LogP contribution is -1.93. The summed E-state index contributed by atoms with van der Waals surface area (Å²) in [5.74, 6) is 0.607. The number of hydrogen-bond donors (Lipinski definition) is 0. The third-order valence-electron chi connectivity index (χ3n) is 2.59. The van der Waals surface area contributed by atoms with Crippen LogP contribution >= 0.6 is 0 Å². The van der Waals surface area contributed by atoms with Gasteiger partial charge in [-0.1, -0.05) is 50.8 Å². The molecular weight excluding hydrogens is 184 g/mol. The van der Waals surface area contributed by atoms with E-state index >= 15 is 0 Å². The predicted molar refractivity (Wildman–Crippen MR) is 63.9 cm³/mol. The predicted octanol–water partition coefficient (Wildman–Crippen LogP) is 3.72. The third-order valence-corrected chi connectivity index (χ3v) is 2.59. The summed E-state index contributed by atoms with van der Waals surface area (Å²) in [5.41, 5.74) is 2.04. The third kappa shape index (κ3) is 2.79. The van der Waals surface area contributed by atoms with Crippen LogP contribution in [0.1, 0.15) is 38.2 Å². The van der Waals surface area contributed by atoms with Crippen LogP contribution < -0.4 is 0 Å². The van der Waals surface area contributed by atoms with Crippen LogP contribution in [0.3, 0.4) is 0 Å². The minimum atomic E-state index is 0.230. The molecule has 1 aliphatic rings. The number of carbonyl (C=O) groups excluding carboxylic acids is 1. The van der Waals surface area contributed by atoms with Crippen molar-refractivity contribution in [3.05, 3.63) is 48.0 Å². The fourth-order valence-electron chi connectivity index (χ4n) is 1.81. The number of Topliss-reactive ketones (excluding diaryl/α,β-unsaturated/α-hetero) is 1. The van der Waals surface area contributed by atoms with Crippen LogP contribution in [0.5, 0.6) is 0 Å². The minimum absolute atomic E-state index is 0.230. The molecule has 0 saturated heterocycles. The monoisotopic (exact) mass is 202 g/mol. The number of carbonyl (C=O) groups is 1. The summed E-state index contributed by atoms with van der Waals surface area (Å²) in [6.45, 7) is 7.76. The normalized spacial score (nSPS) is 19.7. The molecule has 1 aromatic rings. The van der Waals surface area contributed by atoms with E-state index in [2.05, 4.69) is 18.7 Å². The number of ketones is 1. The summed E-state index contributed by atoms with van der Waals surface area (Å²) in [4.78, 5) is 11.3. The minimum Gasteiger partial charge on any atom is -0.295 e. The van der Waals surface area contributed by atoms with Crippen molar-refractivity contribution < 1.29 is 4.79 Å². The smallest absolute Gasteiger partial charge is 0.158 e. The quantitative estimate of drug-likeness (QED) is 0.634. The number of benzene rings is 1. The molecule has 1 atom stereocenters. The molecule has 1 unspecified atom stereocenters. The zero-order chi connectivity index (χ0) is 11.3. The molecule has 1 heteroatoms. The van der Waals surface area contributed by atoms with Gasteiger partial charge in [-0.15, -0.1) is 0 Å². The van der Waals surface area contributed by atoms with Crippen LogP contribution in [0.15, 0.2) is 42.5 Å². The van der Waals surface area contributed by atoms with Crippen molar-refractivity contribution in [3.63, 3.8) is 0 Å². The molecule has 1 saturated carbocycles. The van der Waals surface area contributed by atoms with Crippen LogP contribution in [-0.2, 0) is 4.79 Å². The molecule has 80 valence electrons. The fourth-order valence-corrected chi connectivity index (χ4v) is 1.81. The lowest BCUT2D eigenvalue weighted by Gasteiger charge is -2.06. The lowest BCUT2D eigenvalue weighted by atomic mass is 9.98. The Labute approximate surface area is 91.8 Å². The second kappa shape index (κ2) is 5.50. The zero-order valence-electron chi connectivity index (χ0n) is 9.49. The van der Waals surface area contributed by atoms with Crippen LogP contribution in [0.4, 0.5) is 0 Å². The molecule has 15 heavy (non-hydrogen) atoms. The van der Waals surface area contributed by atoms with Gasteiger partial charge in [0, 0.05) is 6.42 Å². The Morgan fingerprint density at radius 1 is 1.13 bits per heavy atom. The van der Waals surface area contributed by atoms with Gasteiger partial charge in [-0.05, 0) is 23.5 Å². The Bertz CT molecular complexity index is 322. The highest BCUT2D eigenvalue weighted by molar-refractivity contribution is 5.97. The van der Waals surface area contributed by atoms with Crippen LogP contribution in [-0.4, -0.2) is 5.78 Å². The Kier molecular flexibility index (Phi) is 4.29. The van der Waals surface area contributed by atoms with E-state index in [9.17, 15) is 4.79 Å². The van der Waals surface area contributed by atoms with Gasteiger partial charge in [-0.2, -0.15) is 0 Å². The first kappa shape index (κ1) is 11.7. The molecule has 0 heterocycles. The second-order valence-corrected chi connectivity index (χ2v) is 3.54. The first-order chi connectivity index (χ1) is 7.27. The van der Waals surface area contributed by atoms with Gasteiger partial charge >= 0.3 is 0 Å². The first-order valence-electron chi connectivity index (χ1n) is 5.53. The standard InChI is InChI=1S/C12H12O.C2H6/c1-9-7-11(8-12(9)13)10-5-3-2-4-6-10;1-2/h2-6,11H,1,7-8H2;1-2H3. The Morgan fingerprint density at radius 2 is 1.73 bits per heavy atom. The average Bonchev–Trinajstić information content (AvgIpc) is 2.63. The largest absolute Gasteiger partial charge is 0.295 e. The lowest BCUT2D eigenvalue weighted by molar-refractivity contribution is -0.114. The molecule has 1 aromatic carbocycles. The van der Waals surface area contributed by atoms with E-state index in [0.717, 1.165) is 12.0 Å². The molecule has 0 spiro atoms. The van der Waals surface area contributed by atoms with E-state index in [1.54, 1.807) is 0 Å². The van der Waals surface area contributed by atoms with Crippen molar-refractivity contribution in [3.8, 4) is 0 Å². The summed E-state index contributed by atoms with van der Waals surface area (Å²) in [6, 6.07) is 10.2. The van der Waals surface area contributed by atoms with E-state index < -0.39 is 0 Å². The maximum absolute atomic E-state index is 11.3. The molecule has 0 aliphatic heterocycles. The molecule has 0 N–H and O–H groups in total. The van der Waals surface area contributed by atoms with Crippen molar-refractivity contribution in [1.29, 1.82) is 0 Å². The van der Waals surface area contributed by atoms with Crippen LogP contribution in [0.25, 0.3) is 0 Å². The van der Waals surface area contributed by atoms with Gasteiger partial charge in [-0.25, -0.2) is 0 Å². The molecular formula is C14H18O. The molecule has 2 rings (SSSR count). The van der Waals surface area contributed by atoms with Gasteiger partial charge in [0.15, 0.2) is 5.78 Å². The van der Waals surface area contributed by atoms with E-state index in [4.69, 9.17) is 0 Å². The molecule has 0 amide bonds. The van der Waals surface area contributed by atoms with Crippen molar-refractivity contribution in [2.24, 2.45) is 0 Å². The Hall–Kier alpha value is -1.37. The molecule has 0 aromatic heterocycles. The molecule has 0 radical (unpaired) electrons. The highest BCUT2D eigenvalue weighted by Crippen LogP contribution is 2.34. The van der Waals surface area contributed by atoms with E-state index in [1.807, 2.05) is 32.0 Å². The summed E-state index contributed by atoms with van der Waals surface area (Å²) in [5, 5.41) is 0. The van der Waals surface area contributed by atoms with Crippen molar-refractivity contribution >= 4 is 5.78 Å². The Morgan fingerprint density at radius 3 is 2.20 bits per heavy atom. The van der Waals surface area contributed by atoms with Gasteiger partial charge in [0.25, 0.3) is 0 Å². The molecule has 1 nitrogen and oxygen atoms in total. The SMILES string of the molecule is C=C1CC(c2ccccc2)CC1=O.CC. The van der Waals surface area contributed by atoms with Crippen molar-refractivity contribution in [1.82, 2.24) is 0 Å². The maximum atomic E-state index is 11.3. The fraction of sp³-hybridized carbons (Fsp3) is 0.357. The zero-order valence-corrected chi connectivity index (χ0v) is 9.49. The highest BCUT2D eigenvalue weighted by Gasteiger charge is 2.26. The number of rotatable bonds is 1. The van der Waals surface area contributed by atoms with Gasteiger partial charge in [0.05, 0.1) is 0 Å². The molecule has 1 fully saturated rings. The van der Waals surface area contributed by atoms with Gasteiger partial charge in [0.1, 0.15) is 0 Å². The van der Waals surface area contributed by atoms with E-state index in [0.29, 0.717) is 12.3 Å². The average molecular weight is 202 g/mol. The van der Waals surface area contributed by atoms with Gasteiger partial charge in [0.2, 0.25) is 0 Å². The van der Waals surface area contributed by atoms with Crippen LogP contribution in [0.2, 0.25) is 0 Å². The summed E-state index contributed by atoms with van der Waals surface area (Å²) in [6.07, 6.45) is 1.48. The molecule has 1 aliphatic carbocycles. The van der Waals surface area contributed by atoms with Crippen molar-refractivity contribution in [2.45, 2.75) is 32.6 Å². The summed E-state index contributed by atoms with van der Waals surface area (Å²) < 4.78 is 0.